The highest BCUT2D eigenvalue weighted by Gasteiger charge is 2.33. The van der Waals surface area contributed by atoms with Crippen molar-refractivity contribution in [3.05, 3.63) is 53.6 Å². The Morgan fingerprint density at radius 1 is 0.742 bits per heavy atom. The molecule has 170 valence electrons. The molecule has 0 aromatic heterocycles. The smallest absolute Gasteiger partial charge is 0.381 e. The monoisotopic (exact) mass is 466 g/mol. The molecular weight excluding hydrogens is 446 g/mol. The van der Waals surface area contributed by atoms with E-state index in [4.69, 9.17) is 0 Å². The average molecular weight is 466 g/mol. The molecular formula is C20H20F6N2O2S. The van der Waals surface area contributed by atoms with Gasteiger partial charge < -0.3 is 5.32 Å². The second-order valence-electron chi connectivity index (χ2n) is 7.37. The molecule has 3 rings (SSSR count). The van der Waals surface area contributed by atoms with Gasteiger partial charge >= 0.3 is 12.4 Å². The largest absolute Gasteiger partial charge is 0.416 e. The zero-order valence-corrected chi connectivity index (χ0v) is 17.0. The predicted octanol–water partition coefficient (Wildman–Crippen LogP) is 6.27. The van der Waals surface area contributed by atoms with Crippen LogP contribution in [0.5, 0.6) is 0 Å². The Balaban J connectivity index is 1.93. The van der Waals surface area contributed by atoms with Crippen LogP contribution in [0.25, 0.3) is 0 Å². The van der Waals surface area contributed by atoms with Gasteiger partial charge in [0, 0.05) is 6.04 Å². The SMILES string of the molecule is O=S(=O)(Nc1cc(C(F)(F)F)ccc1NC1CCCCC1)c1ccc(C(F)(F)F)cc1. The third kappa shape index (κ3) is 5.84. The molecule has 0 spiro atoms. The van der Waals surface area contributed by atoms with E-state index in [9.17, 15) is 34.8 Å². The highest BCUT2D eigenvalue weighted by Crippen LogP contribution is 2.36. The van der Waals surface area contributed by atoms with Gasteiger partial charge in [-0.2, -0.15) is 26.3 Å². The van der Waals surface area contributed by atoms with E-state index < -0.39 is 38.4 Å². The Labute approximate surface area is 175 Å². The van der Waals surface area contributed by atoms with Gasteiger partial charge in [-0.15, -0.1) is 0 Å². The van der Waals surface area contributed by atoms with Crippen molar-refractivity contribution >= 4 is 21.4 Å². The van der Waals surface area contributed by atoms with Crippen molar-refractivity contribution in [2.45, 2.75) is 55.4 Å². The molecule has 1 aliphatic rings. The maximum atomic E-state index is 13.2. The van der Waals surface area contributed by atoms with Gasteiger partial charge in [0.2, 0.25) is 0 Å². The number of nitrogens with one attached hydrogen (secondary N) is 2. The van der Waals surface area contributed by atoms with Gasteiger partial charge in [-0.25, -0.2) is 8.42 Å². The molecule has 4 nitrogen and oxygen atoms in total. The molecule has 2 aromatic carbocycles. The van der Waals surface area contributed by atoms with Crippen molar-refractivity contribution in [1.82, 2.24) is 0 Å². The van der Waals surface area contributed by atoms with E-state index in [2.05, 4.69) is 10.0 Å². The van der Waals surface area contributed by atoms with Crippen molar-refractivity contribution in [2.75, 3.05) is 10.0 Å². The molecule has 11 heteroatoms. The predicted molar refractivity (Wildman–Crippen MR) is 104 cm³/mol. The molecule has 0 bridgehead atoms. The zero-order valence-electron chi connectivity index (χ0n) is 16.1. The molecule has 1 saturated carbocycles. The molecule has 31 heavy (non-hydrogen) atoms. The summed E-state index contributed by atoms with van der Waals surface area (Å²) >= 11 is 0. The molecule has 1 fully saturated rings. The van der Waals surface area contributed by atoms with E-state index in [1.165, 1.54) is 0 Å². The Morgan fingerprint density at radius 2 is 1.29 bits per heavy atom. The minimum absolute atomic E-state index is 0.0141. The molecule has 0 amide bonds. The van der Waals surface area contributed by atoms with Crippen LogP contribution in [-0.4, -0.2) is 14.5 Å². The van der Waals surface area contributed by atoms with Crippen molar-refractivity contribution in [3.8, 4) is 0 Å². The molecule has 0 atom stereocenters. The number of halogens is 6. The van der Waals surface area contributed by atoms with Crippen molar-refractivity contribution in [2.24, 2.45) is 0 Å². The first-order chi connectivity index (χ1) is 14.4. The highest BCUT2D eigenvalue weighted by molar-refractivity contribution is 7.92. The number of hydrogen-bond donors (Lipinski definition) is 2. The summed E-state index contributed by atoms with van der Waals surface area (Å²) < 4.78 is 105. The lowest BCUT2D eigenvalue weighted by molar-refractivity contribution is -0.138. The van der Waals surface area contributed by atoms with Gasteiger partial charge in [0.1, 0.15) is 0 Å². The second kappa shape index (κ2) is 8.60. The first-order valence-corrected chi connectivity index (χ1v) is 11.0. The van der Waals surface area contributed by atoms with Gasteiger partial charge in [0.25, 0.3) is 10.0 Å². The minimum Gasteiger partial charge on any atom is -0.381 e. The summed E-state index contributed by atoms with van der Waals surface area (Å²) in [6.45, 7) is 0. The van der Waals surface area contributed by atoms with Crippen LogP contribution in [0.15, 0.2) is 47.4 Å². The van der Waals surface area contributed by atoms with Crippen LogP contribution in [0.1, 0.15) is 43.2 Å². The summed E-state index contributed by atoms with van der Waals surface area (Å²) in [5, 5.41) is 3.09. The first-order valence-electron chi connectivity index (χ1n) is 9.54. The Hall–Kier alpha value is -2.43. The fourth-order valence-corrected chi connectivity index (χ4v) is 4.50. The summed E-state index contributed by atoms with van der Waals surface area (Å²) in [4.78, 5) is -0.499. The van der Waals surface area contributed by atoms with E-state index in [0.717, 1.165) is 56.4 Å². The van der Waals surface area contributed by atoms with Gasteiger partial charge in [-0.3, -0.25) is 4.72 Å². The number of sulfonamides is 1. The molecule has 0 saturated heterocycles. The average Bonchev–Trinajstić information content (AvgIpc) is 2.68. The topological polar surface area (TPSA) is 58.2 Å². The molecule has 0 heterocycles. The first kappa shape index (κ1) is 23.2. The van der Waals surface area contributed by atoms with Crippen LogP contribution in [-0.2, 0) is 22.4 Å². The highest BCUT2D eigenvalue weighted by atomic mass is 32.2. The van der Waals surface area contributed by atoms with Crippen LogP contribution in [0.3, 0.4) is 0 Å². The Bertz CT molecular complexity index is 1010. The maximum absolute atomic E-state index is 13.2. The van der Waals surface area contributed by atoms with Crippen molar-refractivity contribution in [3.63, 3.8) is 0 Å². The van der Waals surface area contributed by atoms with Gasteiger partial charge in [-0.1, -0.05) is 19.3 Å². The van der Waals surface area contributed by atoms with E-state index in [1.807, 2.05) is 0 Å². The summed E-state index contributed by atoms with van der Waals surface area (Å²) in [5.74, 6) is 0. The fraction of sp³-hybridized carbons (Fsp3) is 0.400. The number of anilines is 2. The fourth-order valence-electron chi connectivity index (χ4n) is 3.42. The van der Waals surface area contributed by atoms with Gasteiger partial charge in [0.15, 0.2) is 0 Å². The molecule has 0 aliphatic heterocycles. The third-order valence-electron chi connectivity index (χ3n) is 5.05. The standard InChI is InChI=1S/C20H20F6N2O2S/c21-19(22,23)13-6-9-16(10-7-13)31(29,30)28-18-12-14(20(24,25)26)8-11-17(18)27-15-4-2-1-3-5-15/h6-12,15,27-28H,1-5H2. The summed E-state index contributed by atoms with van der Waals surface area (Å²) in [5.41, 5.74) is -2.23. The third-order valence-corrected chi connectivity index (χ3v) is 6.43. The van der Waals surface area contributed by atoms with Crippen LogP contribution < -0.4 is 10.0 Å². The van der Waals surface area contributed by atoms with Crippen LogP contribution >= 0.6 is 0 Å². The molecule has 0 unspecified atom stereocenters. The number of benzene rings is 2. The maximum Gasteiger partial charge on any atom is 0.416 e. The molecule has 2 aromatic rings. The number of hydrogen-bond acceptors (Lipinski definition) is 3. The normalized spacial score (nSPS) is 16.2. The van der Waals surface area contributed by atoms with Crippen LogP contribution in [0.4, 0.5) is 37.7 Å². The van der Waals surface area contributed by atoms with Crippen LogP contribution in [0, 0.1) is 0 Å². The minimum atomic E-state index is -4.70. The van der Waals surface area contributed by atoms with Gasteiger partial charge in [0.05, 0.1) is 27.4 Å². The molecule has 1 aliphatic carbocycles. The number of alkyl halides is 6. The Morgan fingerprint density at radius 3 is 1.84 bits per heavy atom. The second-order valence-corrected chi connectivity index (χ2v) is 9.05. The Kier molecular flexibility index (Phi) is 6.45. The zero-order chi connectivity index (χ0) is 22.9. The van der Waals surface area contributed by atoms with E-state index in [-0.39, 0.29) is 17.4 Å². The number of rotatable bonds is 5. The quantitative estimate of drug-likeness (QED) is 0.511. The van der Waals surface area contributed by atoms with E-state index in [1.54, 1.807) is 0 Å². The van der Waals surface area contributed by atoms with Gasteiger partial charge in [-0.05, 0) is 55.3 Å². The van der Waals surface area contributed by atoms with Crippen molar-refractivity contribution in [1.29, 1.82) is 0 Å². The summed E-state index contributed by atoms with van der Waals surface area (Å²) in [7, 11) is -4.43. The van der Waals surface area contributed by atoms with Crippen LogP contribution in [0.2, 0.25) is 0 Å². The lowest BCUT2D eigenvalue weighted by Gasteiger charge is -2.26. The van der Waals surface area contributed by atoms with E-state index in [0.29, 0.717) is 18.2 Å². The molecule has 0 radical (unpaired) electrons. The molecule has 2 N–H and O–H groups in total. The lowest BCUT2D eigenvalue weighted by Crippen LogP contribution is -2.24. The summed E-state index contributed by atoms with van der Waals surface area (Å²) in [6.07, 6.45) is -4.79. The lowest BCUT2D eigenvalue weighted by atomic mass is 9.95. The summed E-state index contributed by atoms with van der Waals surface area (Å²) in [6, 6.07) is 5.37. The van der Waals surface area contributed by atoms with Crippen molar-refractivity contribution < 1.29 is 34.8 Å². The van der Waals surface area contributed by atoms with E-state index >= 15 is 0 Å².